The highest BCUT2D eigenvalue weighted by molar-refractivity contribution is 9.10. The maximum Gasteiger partial charge on any atom is 0.160 e. The third kappa shape index (κ3) is 1.79. The van der Waals surface area contributed by atoms with Gasteiger partial charge in [0, 0.05) is 10.0 Å². The number of rotatable bonds is 1. The number of halogens is 2. The molecule has 2 rings (SSSR count). The Morgan fingerprint density at radius 2 is 1.86 bits per heavy atom. The maximum absolute atomic E-state index is 5.96. The highest BCUT2D eigenvalue weighted by Crippen LogP contribution is 2.31. The fourth-order valence-electron chi connectivity index (χ4n) is 1.21. The van der Waals surface area contributed by atoms with Gasteiger partial charge in [-0.1, -0.05) is 41.9 Å². The summed E-state index contributed by atoms with van der Waals surface area (Å²) in [6, 6.07) is 9.83. The van der Waals surface area contributed by atoms with Gasteiger partial charge in [-0.2, -0.15) is 5.10 Å². The summed E-state index contributed by atoms with van der Waals surface area (Å²) in [5, 5.41) is 7.95. The lowest BCUT2D eigenvalue weighted by atomic mass is 10.1. The lowest BCUT2D eigenvalue weighted by Gasteiger charge is -2.04. The number of hydrogen-bond acceptors (Lipinski definition) is 2. The summed E-state index contributed by atoms with van der Waals surface area (Å²) < 4.78 is 0.851. The first-order chi connectivity index (χ1) is 6.79. The second-order valence-electron chi connectivity index (χ2n) is 2.72. The molecular weight excluding hydrogens is 263 g/mol. The molecule has 14 heavy (non-hydrogen) atoms. The van der Waals surface area contributed by atoms with Gasteiger partial charge in [0.15, 0.2) is 5.15 Å². The molecule has 0 amide bonds. The highest BCUT2D eigenvalue weighted by atomic mass is 79.9. The van der Waals surface area contributed by atoms with Gasteiger partial charge in [0.25, 0.3) is 0 Å². The van der Waals surface area contributed by atoms with Gasteiger partial charge in [0.1, 0.15) is 0 Å². The Bertz CT molecular complexity index is 425. The molecule has 0 N–H and O–H groups in total. The van der Waals surface area contributed by atoms with Crippen molar-refractivity contribution in [3.8, 4) is 11.1 Å². The Kier molecular flexibility index (Phi) is 2.79. The van der Waals surface area contributed by atoms with E-state index < -0.39 is 0 Å². The number of benzene rings is 1. The van der Waals surface area contributed by atoms with Crippen molar-refractivity contribution in [2.45, 2.75) is 0 Å². The van der Waals surface area contributed by atoms with Crippen LogP contribution >= 0.6 is 27.5 Å². The zero-order valence-corrected chi connectivity index (χ0v) is 9.46. The monoisotopic (exact) mass is 268 g/mol. The van der Waals surface area contributed by atoms with Crippen molar-refractivity contribution >= 4 is 27.5 Å². The van der Waals surface area contributed by atoms with Gasteiger partial charge in [-0.25, -0.2) is 0 Å². The smallest absolute Gasteiger partial charge is 0.156 e. The molecule has 0 atom stereocenters. The number of aromatic nitrogens is 2. The van der Waals surface area contributed by atoms with Crippen LogP contribution in [-0.4, -0.2) is 10.2 Å². The second kappa shape index (κ2) is 4.07. The minimum atomic E-state index is 0.408. The fourth-order valence-corrected chi connectivity index (χ4v) is 2.08. The molecule has 0 unspecified atom stereocenters. The Morgan fingerprint density at radius 1 is 1.14 bits per heavy atom. The SMILES string of the molecule is Clc1nncc(Br)c1-c1ccccc1. The Labute approximate surface area is 95.1 Å². The summed E-state index contributed by atoms with van der Waals surface area (Å²) in [4.78, 5) is 0. The van der Waals surface area contributed by atoms with Crippen LogP contribution in [-0.2, 0) is 0 Å². The molecule has 0 aliphatic rings. The average molecular weight is 270 g/mol. The van der Waals surface area contributed by atoms with Gasteiger partial charge in [-0.3, -0.25) is 0 Å². The van der Waals surface area contributed by atoms with Crippen LogP contribution < -0.4 is 0 Å². The summed E-state index contributed by atoms with van der Waals surface area (Å²) in [5.74, 6) is 0. The van der Waals surface area contributed by atoms with Crippen LogP contribution in [0.4, 0.5) is 0 Å². The molecule has 70 valence electrons. The topological polar surface area (TPSA) is 25.8 Å². The van der Waals surface area contributed by atoms with Crippen LogP contribution in [0.15, 0.2) is 41.0 Å². The van der Waals surface area contributed by atoms with Crippen LogP contribution in [0.25, 0.3) is 11.1 Å². The van der Waals surface area contributed by atoms with Crippen LogP contribution in [0.2, 0.25) is 5.15 Å². The molecule has 1 aromatic heterocycles. The molecule has 0 aliphatic heterocycles. The molecule has 1 heterocycles. The normalized spacial score (nSPS) is 10.1. The van der Waals surface area contributed by atoms with Crippen molar-refractivity contribution in [1.82, 2.24) is 10.2 Å². The third-order valence-corrected chi connectivity index (χ3v) is 2.69. The zero-order valence-electron chi connectivity index (χ0n) is 7.11. The van der Waals surface area contributed by atoms with E-state index in [1.54, 1.807) is 6.20 Å². The molecule has 1 aromatic carbocycles. The van der Waals surface area contributed by atoms with Crippen LogP contribution in [0.3, 0.4) is 0 Å². The van der Waals surface area contributed by atoms with E-state index in [0.717, 1.165) is 15.6 Å². The largest absolute Gasteiger partial charge is 0.160 e. The van der Waals surface area contributed by atoms with Crippen LogP contribution in [0.1, 0.15) is 0 Å². The third-order valence-electron chi connectivity index (χ3n) is 1.82. The Morgan fingerprint density at radius 3 is 2.50 bits per heavy atom. The Hall–Kier alpha value is -0.930. The standard InChI is InChI=1S/C10H6BrClN2/c11-8-6-13-14-10(12)9(8)7-4-2-1-3-5-7/h1-6H. The minimum absolute atomic E-state index is 0.408. The second-order valence-corrected chi connectivity index (χ2v) is 3.94. The molecule has 2 aromatic rings. The lowest BCUT2D eigenvalue weighted by Crippen LogP contribution is -1.87. The molecule has 0 fully saturated rings. The lowest BCUT2D eigenvalue weighted by molar-refractivity contribution is 1.03. The molecule has 0 bridgehead atoms. The van der Waals surface area contributed by atoms with Crippen molar-refractivity contribution < 1.29 is 0 Å². The van der Waals surface area contributed by atoms with E-state index in [1.807, 2.05) is 30.3 Å². The van der Waals surface area contributed by atoms with E-state index in [4.69, 9.17) is 11.6 Å². The quantitative estimate of drug-likeness (QED) is 0.791. The van der Waals surface area contributed by atoms with Gasteiger partial charge in [-0.15, -0.1) is 5.10 Å². The zero-order chi connectivity index (χ0) is 9.97. The molecule has 0 saturated heterocycles. The molecule has 4 heteroatoms. The van der Waals surface area contributed by atoms with E-state index in [9.17, 15) is 0 Å². The van der Waals surface area contributed by atoms with Crippen LogP contribution in [0.5, 0.6) is 0 Å². The van der Waals surface area contributed by atoms with Gasteiger partial charge < -0.3 is 0 Å². The van der Waals surface area contributed by atoms with E-state index in [0.29, 0.717) is 5.15 Å². The van der Waals surface area contributed by atoms with Crippen molar-refractivity contribution in [3.63, 3.8) is 0 Å². The van der Waals surface area contributed by atoms with Crippen molar-refractivity contribution in [2.24, 2.45) is 0 Å². The predicted octanol–water partition coefficient (Wildman–Crippen LogP) is 3.56. The van der Waals surface area contributed by atoms with E-state index >= 15 is 0 Å². The van der Waals surface area contributed by atoms with Crippen molar-refractivity contribution in [2.75, 3.05) is 0 Å². The maximum atomic E-state index is 5.96. The summed E-state index contributed by atoms with van der Waals surface area (Å²) in [7, 11) is 0. The average Bonchev–Trinajstić information content (AvgIpc) is 2.19. The van der Waals surface area contributed by atoms with Crippen molar-refractivity contribution in [1.29, 1.82) is 0 Å². The summed E-state index contributed by atoms with van der Waals surface area (Å²) in [6.45, 7) is 0. The minimum Gasteiger partial charge on any atom is -0.156 e. The van der Waals surface area contributed by atoms with E-state index in [1.165, 1.54) is 0 Å². The Balaban J connectivity index is 2.63. The van der Waals surface area contributed by atoms with Gasteiger partial charge in [0.2, 0.25) is 0 Å². The predicted molar refractivity (Wildman–Crippen MR) is 60.2 cm³/mol. The molecule has 0 radical (unpaired) electrons. The van der Waals surface area contributed by atoms with E-state index in [-0.39, 0.29) is 0 Å². The highest BCUT2D eigenvalue weighted by Gasteiger charge is 2.08. The summed E-state index contributed by atoms with van der Waals surface area (Å²) in [5.41, 5.74) is 1.90. The first-order valence-corrected chi connectivity index (χ1v) is 5.18. The molecule has 0 spiro atoms. The number of hydrogen-bond donors (Lipinski definition) is 0. The van der Waals surface area contributed by atoms with E-state index in [2.05, 4.69) is 26.1 Å². The van der Waals surface area contributed by atoms with Crippen molar-refractivity contribution in [3.05, 3.63) is 46.2 Å². The molecular formula is C10H6BrClN2. The summed E-state index contributed by atoms with van der Waals surface area (Å²) in [6.07, 6.45) is 1.63. The molecule has 0 saturated carbocycles. The molecule has 0 aliphatic carbocycles. The molecule has 2 nitrogen and oxygen atoms in total. The van der Waals surface area contributed by atoms with Crippen LogP contribution in [0, 0.1) is 0 Å². The van der Waals surface area contributed by atoms with Gasteiger partial charge in [-0.05, 0) is 21.5 Å². The van der Waals surface area contributed by atoms with Gasteiger partial charge in [0.05, 0.1) is 6.20 Å². The first kappa shape index (κ1) is 9.62. The van der Waals surface area contributed by atoms with Gasteiger partial charge >= 0.3 is 0 Å². The first-order valence-electron chi connectivity index (χ1n) is 4.01. The number of nitrogens with zero attached hydrogens (tertiary/aromatic N) is 2. The summed E-state index contributed by atoms with van der Waals surface area (Å²) >= 11 is 9.36. The fraction of sp³-hybridized carbons (Fsp3) is 0.